The van der Waals surface area contributed by atoms with Crippen LogP contribution in [0, 0.1) is 13.8 Å². The Morgan fingerprint density at radius 2 is 1.71 bits per heavy atom. The van der Waals surface area contributed by atoms with E-state index >= 15 is 0 Å². The molecular formula is C11H8Cl4O2. The van der Waals surface area contributed by atoms with Crippen molar-refractivity contribution < 1.29 is 9.53 Å². The summed E-state index contributed by atoms with van der Waals surface area (Å²) in [5.41, 5.74) is 2.47. The summed E-state index contributed by atoms with van der Waals surface area (Å²) in [6.45, 7) is 3.66. The minimum absolute atomic E-state index is 0.396. The van der Waals surface area contributed by atoms with Gasteiger partial charge < -0.3 is 4.74 Å². The lowest BCUT2D eigenvalue weighted by atomic mass is 9.94. The van der Waals surface area contributed by atoms with Crippen molar-refractivity contribution in [3.05, 3.63) is 34.4 Å². The number of esters is 1. The van der Waals surface area contributed by atoms with Crippen LogP contribution in [0.15, 0.2) is 12.1 Å². The van der Waals surface area contributed by atoms with E-state index in [1.807, 2.05) is 13.0 Å². The van der Waals surface area contributed by atoms with Crippen LogP contribution in [0.3, 0.4) is 0 Å². The number of carbonyl (C=O) groups is 1. The number of alkyl halides is 4. The number of rotatable bonds is 0. The summed E-state index contributed by atoms with van der Waals surface area (Å²) in [5.74, 6) is -0.870. The zero-order valence-electron chi connectivity index (χ0n) is 8.98. The number of carbonyl (C=O) groups excluding carboxylic acids is 1. The van der Waals surface area contributed by atoms with Crippen LogP contribution in [0.5, 0.6) is 0 Å². The van der Waals surface area contributed by atoms with Crippen LogP contribution in [0.1, 0.15) is 22.3 Å². The summed E-state index contributed by atoms with van der Waals surface area (Å²) in [7, 11) is 0. The van der Waals surface area contributed by atoms with Crippen molar-refractivity contribution in [1.29, 1.82) is 0 Å². The van der Waals surface area contributed by atoms with Gasteiger partial charge in [-0.25, -0.2) is 4.79 Å². The van der Waals surface area contributed by atoms with Crippen LogP contribution in [0.4, 0.5) is 0 Å². The van der Waals surface area contributed by atoms with Crippen molar-refractivity contribution in [3.8, 4) is 0 Å². The zero-order valence-corrected chi connectivity index (χ0v) is 12.0. The monoisotopic (exact) mass is 312 g/mol. The van der Waals surface area contributed by atoms with Crippen molar-refractivity contribution in [2.45, 2.75) is 22.7 Å². The second-order valence-electron chi connectivity index (χ2n) is 3.99. The molecule has 6 heteroatoms. The molecule has 0 radical (unpaired) electrons. The molecule has 2 rings (SSSR count). The number of ether oxygens (including phenoxy) is 1. The topological polar surface area (TPSA) is 26.3 Å². The van der Waals surface area contributed by atoms with E-state index in [1.165, 1.54) is 0 Å². The minimum Gasteiger partial charge on any atom is -0.422 e. The number of hydrogen-bond acceptors (Lipinski definition) is 2. The summed E-state index contributed by atoms with van der Waals surface area (Å²) in [6, 6.07) is 3.55. The van der Waals surface area contributed by atoms with Crippen LogP contribution in [-0.2, 0) is 18.4 Å². The first kappa shape index (κ1) is 13.3. The lowest BCUT2D eigenvalue weighted by Crippen LogP contribution is -2.39. The Kier molecular flexibility index (Phi) is 3.07. The maximum atomic E-state index is 11.7. The Hall–Kier alpha value is -0.150. The van der Waals surface area contributed by atoms with Crippen molar-refractivity contribution >= 4 is 52.4 Å². The van der Waals surface area contributed by atoms with E-state index in [1.54, 1.807) is 13.0 Å². The molecule has 0 saturated heterocycles. The number of fused-ring (bicyclic) bond motifs is 1. The third-order valence-corrected chi connectivity index (χ3v) is 3.83. The highest BCUT2D eigenvalue weighted by molar-refractivity contribution is 6.58. The number of hydrogen-bond donors (Lipinski definition) is 0. The highest BCUT2D eigenvalue weighted by Crippen LogP contribution is 2.52. The van der Waals surface area contributed by atoms with Crippen LogP contribution in [0.25, 0.3) is 0 Å². The molecule has 0 atom stereocenters. The Morgan fingerprint density at radius 1 is 1.12 bits per heavy atom. The van der Waals surface area contributed by atoms with Crippen molar-refractivity contribution in [3.63, 3.8) is 0 Å². The van der Waals surface area contributed by atoms with Crippen molar-refractivity contribution in [2.24, 2.45) is 0 Å². The molecule has 0 amide bonds. The predicted octanol–water partition coefficient (Wildman–Crippen LogP) is 4.08. The van der Waals surface area contributed by atoms with Gasteiger partial charge in [0.05, 0.1) is 0 Å². The summed E-state index contributed by atoms with van der Waals surface area (Å²) in [6.07, 6.45) is 0. The van der Waals surface area contributed by atoms with Gasteiger partial charge in [0, 0.05) is 11.1 Å². The molecule has 92 valence electrons. The molecule has 1 heterocycles. The Labute approximate surface area is 119 Å². The van der Waals surface area contributed by atoms with Gasteiger partial charge in [-0.3, -0.25) is 0 Å². The fourth-order valence-electron chi connectivity index (χ4n) is 1.95. The van der Waals surface area contributed by atoms with Crippen molar-refractivity contribution in [2.75, 3.05) is 0 Å². The fourth-order valence-corrected chi connectivity index (χ4v) is 2.97. The average Bonchev–Trinajstić information content (AvgIpc) is 2.13. The van der Waals surface area contributed by atoms with Crippen molar-refractivity contribution in [1.82, 2.24) is 0 Å². The SMILES string of the molecule is Cc1cc(C)c2c(c1)C(Cl)(Cl)OC(=O)C2(Cl)Cl. The molecule has 0 N–H and O–H groups in total. The number of halogens is 4. The molecule has 0 aliphatic carbocycles. The molecule has 0 bridgehead atoms. The van der Waals surface area contributed by atoms with E-state index in [-0.39, 0.29) is 0 Å². The minimum atomic E-state index is -1.78. The molecule has 0 fully saturated rings. The second-order valence-corrected chi connectivity index (χ2v) is 6.57. The molecule has 1 aliphatic rings. The number of cyclic esters (lactones) is 1. The van der Waals surface area contributed by atoms with E-state index in [0.717, 1.165) is 11.1 Å². The third kappa shape index (κ3) is 2.01. The van der Waals surface area contributed by atoms with Crippen LogP contribution in [-0.4, -0.2) is 5.97 Å². The Balaban J connectivity index is 2.82. The number of benzene rings is 1. The molecular weight excluding hydrogens is 306 g/mol. The fraction of sp³-hybridized carbons (Fsp3) is 0.364. The maximum absolute atomic E-state index is 11.7. The molecule has 0 spiro atoms. The normalized spacial score (nSPS) is 20.7. The molecule has 1 aliphatic heterocycles. The maximum Gasteiger partial charge on any atom is 0.350 e. The van der Waals surface area contributed by atoms with Gasteiger partial charge in [-0.05, 0) is 25.5 Å². The predicted molar refractivity (Wildman–Crippen MR) is 68.8 cm³/mol. The Morgan fingerprint density at radius 3 is 2.29 bits per heavy atom. The molecule has 1 aromatic carbocycles. The van der Waals surface area contributed by atoms with E-state index in [4.69, 9.17) is 51.1 Å². The van der Waals surface area contributed by atoms with Crippen LogP contribution >= 0.6 is 46.4 Å². The smallest absolute Gasteiger partial charge is 0.350 e. The van der Waals surface area contributed by atoms with Gasteiger partial charge in [-0.1, -0.05) is 58.0 Å². The first-order valence-corrected chi connectivity index (χ1v) is 6.28. The third-order valence-electron chi connectivity index (χ3n) is 2.58. The standard InChI is InChI=1S/C11H8Cl4O2/c1-5-3-6(2)8-7(4-5)11(14,15)17-9(16)10(8,12)13/h3-4H,1-2H3. The first-order chi connectivity index (χ1) is 7.66. The van der Waals surface area contributed by atoms with Gasteiger partial charge in [0.25, 0.3) is 4.52 Å². The first-order valence-electron chi connectivity index (χ1n) is 4.77. The molecule has 0 saturated carbocycles. The molecule has 1 aromatic rings. The number of aryl methyl sites for hydroxylation is 2. The average molecular weight is 314 g/mol. The lowest BCUT2D eigenvalue weighted by molar-refractivity contribution is -0.150. The van der Waals surface area contributed by atoms with Gasteiger partial charge in [0.1, 0.15) is 0 Å². The van der Waals surface area contributed by atoms with Gasteiger partial charge in [0.2, 0.25) is 4.33 Å². The lowest BCUT2D eigenvalue weighted by Gasteiger charge is -2.35. The molecule has 0 aromatic heterocycles. The molecule has 0 unspecified atom stereocenters. The summed E-state index contributed by atoms with van der Waals surface area (Å²) >= 11 is 24.0. The zero-order chi connectivity index (χ0) is 13.0. The Bertz CT molecular complexity index is 508. The quantitative estimate of drug-likeness (QED) is 0.533. The van der Waals surface area contributed by atoms with Crippen LogP contribution < -0.4 is 0 Å². The van der Waals surface area contributed by atoms with Gasteiger partial charge >= 0.3 is 5.97 Å². The van der Waals surface area contributed by atoms with Crippen LogP contribution in [0.2, 0.25) is 0 Å². The van der Waals surface area contributed by atoms with E-state index < -0.39 is 14.8 Å². The van der Waals surface area contributed by atoms with Gasteiger partial charge in [-0.2, -0.15) is 0 Å². The summed E-state index contributed by atoms with van der Waals surface area (Å²) < 4.78 is 1.32. The highest BCUT2D eigenvalue weighted by atomic mass is 35.5. The highest BCUT2D eigenvalue weighted by Gasteiger charge is 2.52. The summed E-state index contributed by atoms with van der Waals surface area (Å²) in [5, 5.41) is 0. The van der Waals surface area contributed by atoms with Gasteiger partial charge in [-0.15, -0.1) is 0 Å². The van der Waals surface area contributed by atoms with E-state index in [0.29, 0.717) is 11.1 Å². The van der Waals surface area contributed by atoms with Gasteiger partial charge in [0.15, 0.2) is 0 Å². The molecule has 17 heavy (non-hydrogen) atoms. The van der Waals surface area contributed by atoms with E-state index in [2.05, 4.69) is 0 Å². The van der Waals surface area contributed by atoms with E-state index in [9.17, 15) is 4.79 Å². The second kappa shape index (κ2) is 3.92. The molecule has 2 nitrogen and oxygen atoms in total. The summed E-state index contributed by atoms with van der Waals surface area (Å²) in [4.78, 5) is 11.7. The largest absolute Gasteiger partial charge is 0.422 e.